The van der Waals surface area contributed by atoms with E-state index in [-0.39, 0.29) is 11.6 Å². The zero-order valence-electron chi connectivity index (χ0n) is 10.9. The van der Waals surface area contributed by atoms with Crippen LogP contribution in [-0.4, -0.2) is 17.6 Å². The maximum Gasteiger partial charge on any atom is 0.256 e. The lowest BCUT2D eigenvalue weighted by Gasteiger charge is -2.07. The number of amides is 1. The molecule has 0 aromatic heterocycles. The lowest BCUT2D eigenvalue weighted by Crippen LogP contribution is -2.13. The molecule has 0 saturated heterocycles. The first-order valence-electron chi connectivity index (χ1n) is 6.07. The van der Waals surface area contributed by atoms with Gasteiger partial charge in [-0.1, -0.05) is 35.6 Å². The summed E-state index contributed by atoms with van der Waals surface area (Å²) in [5, 5.41) is 11.3. The van der Waals surface area contributed by atoms with E-state index < -0.39 is 11.7 Å². The molecule has 1 amide bonds. The summed E-state index contributed by atoms with van der Waals surface area (Å²) in [5.74, 6) is 4.16. The van der Waals surface area contributed by atoms with Crippen LogP contribution in [0.2, 0.25) is 5.02 Å². The first-order valence-corrected chi connectivity index (χ1v) is 6.45. The average molecular weight is 304 g/mol. The highest BCUT2D eigenvalue weighted by molar-refractivity contribution is 6.30. The van der Waals surface area contributed by atoms with Crippen LogP contribution in [0.1, 0.15) is 15.9 Å². The maximum absolute atomic E-state index is 13.3. The summed E-state index contributed by atoms with van der Waals surface area (Å²) in [5.41, 5.74) is 1.12. The van der Waals surface area contributed by atoms with Gasteiger partial charge in [0.25, 0.3) is 5.91 Å². The minimum Gasteiger partial charge on any atom is -0.384 e. The summed E-state index contributed by atoms with van der Waals surface area (Å²) in [7, 11) is 0. The Morgan fingerprint density at radius 3 is 2.76 bits per heavy atom. The number of aliphatic hydroxyl groups is 1. The second kappa shape index (κ2) is 6.89. The third-order valence-electron chi connectivity index (χ3n) is 2.65. The van der Waals surface area contributed by atoms with Crippen molar-refractivity contribution in [2.45, 2.75) is 0 Å². The minimum atomic E-state index is -0.608. The number of hydrogen-bond acceptors (Lipinski definition) is 2. The minimum absolute atomic E-state index is 0.0118. The monoisotopic (exact) mass is 303 g/mol. The number of nitrogens with one attached hydrogen (secondary N) is 1. The van der Waals surface area contributed by atoms with Crippen LogP contribution in [0.25, 0.3) is 0 Å². The number of benzene rings is 2. The van der Waals surface area contributed by atoms with Crippen molar-refractivity contribution >= 4 is 23.2 Å². The number of anilines is 1. The number of halogens is 2. The van der Waals surface area contributed by atoms with E-state index in [1.807, 2.05) is 0 Å². The Morgan fingerprint density at radius 2 is 2.05 bits per heavy atom. The van der Waals surface area contributed by atoms with Gasteiger partial charge in [-0.3, -0.25) is 4.79 Å². The smallest absolute Gasteiger partial charge is 0.256 e. The zero-order chi connectivity index (χ0) is 15.2. The Balaban J connectivity index is 2.26. The van der Waals surface area contributed by atoms with Gasteiger partial charge in [0, 0.05) is 11.3 Å². The number of aliphatic hydroxyl groups excluding tert-OH is 1. The Kier molecular flexibility index (Phi) is 4.94. The normalized spacial score (nSPS) is 9.67. The first-order chi connectivity index (χ1) is 10.1. The Labute approximate surface area is 126 Å². The fourth-order valence-corrected chi connectivity index (χ4v) is 1.81. The van der Waals surface area contributed by atoms with Crippen molar-refractivity contribution in [1.29, 1.82) is 0 Å². The van der Waals surface area contributed by atoms with Crippen LogP contribution in [0, 0.1) is 17.7 Å². The summed E-state index contributed by atoms with van der Waals surface area (Å²) >= 11 is 5.59. The Morgan fingerprint density at radius 1 is 1.29 bits per heavy atom. The molecule has 0 saturated carbocycles. The van der Waals surface area contributed by atoms with Crippen LogP contribution < -0.4 is 5.32 Å². The van der Waals surface area contributed by atoms with Gasteiger partial charge in [0.2, 0.25) is 0 Å². The number of hydrogen-bond donors (Lipinski definition) is 2. The van der Waals surface area contributed by atoms with E-state index in [4.69, 9.17) is 16.7 Å². The molecule has 0 fully saturated rings. The van der Waals surface area contributed by atoms with Gasteiger partial charge in [0.15, 0.2) is 0 Å². The summed E-state index contributed by atoms with van der Waals surface area (Å²) in [6, 6.07) is 10.7. The van der Waals surface area contributed by atoms with Crippen molar-refractivity contribution in [3.63, 3.8) is 0 Å². The molecule has 0 spiro atoms. The number of carbonyl (C=O) groups is 1. The van der Waals surface area contributed by atoms with Crippen molar-refractivity contribution in [3.8, 4) is 11.8 Å². The van der Waals surface area contributed by atoms with E-state index >= 15 is 0 Å². The first kappa shape index (κ1) is 15.0. The summed E-state index contributed by atoms with van der Waals surface area (Å²) in [6.07, 6.45) is 0. The summed E-state index contributed by atoms with van der Waals surface area (Å²) in [4.78, 5) is 12.2. The van der Waals surface area contributed by atoms with Crippen molar-refractivity contribution in [3.05, 3.63) is 64.4 Å². The molecular weight excluding hydrogens is 293 g/mol. The molecule has 0 heterocycles. The van der Waals surface area contributed by atoms with Crippen LogP contribution in [0.5, 0.6) is 0 Å². The predicted molar refractivity (Wildman–Crippen MR) is 79.8 cm³/mol. The molecule has 2 N–H and O–H groups in total. The van der Waals surface area contributed by atoms with E-state index in [0.717, 1.165) is 6.07 Å². The highest BCUT2D eigenvalue weighted by Crippen LogP contribution is 2.19. The third kappa shape index (κ3) is 3.82. The molecule has 0 aliphatic heterocycles. The van der Waals surface area contributed by atoms with Crippen LogP contribution in [0.3, 0.4) is 0 Å². The molecular formula is C16H11ClFNO2. The zero-order valence-corrected chi connectivity index (χ0v) is 11.6. The molecule has 2 aromatic carbocycles. The third-order valence-corrected chi connectivity index (χ3v) is 2.96. The fraction of sp³-hybridized carbons (Fsp3) is 0.0625. The van der Waals surface area contributed by atoms with Gasteiger partial charge < -0.3 is 10.4 Å². The Hall–Kier alpha value is -2.35. The van der Waals surface area contributed by atoms with Gasteiger partial charge in [-0.25, -0.2) is 4.39 Å². The molecule has 21 heavy (non-hydrogen) atoms. The number of carbonyl (C=O) groups excluding carboxylic acids is 1. The van der Waals surface area contributed by atoms with Gasteiger partial charge in [-0.2, -0.15) is 0 Å². The molecule has 0 bridgehead atoms. The van der Waals surface area contributed by atoms with E-state index in [1.54, 1.807) is 24.3 Å². The Bertz CT molecular complexity index is 735. The van der Waals surface area contributed by atoms with E-state index in [2.05, 4.69) is 17.2 Å². The lowest BCUT2D eigenvalue weighted by atomic mass is 10.1. The molecule has 0 atom stereocenters. The van der Waals surface area contributed by atoms with Crippen LogP contribution in [-0.2, 0) is 0 Å². The second-order valence-electron chi connectivity index (χ2n) is 4.09. The predicted octanol–water partition coefficient (Wildman–Crippen LogP) is 3.08. The van der Waals surface area contributed by atoms with E-state index in [1.165, 1.54) is 12.1 Å². The molecule has 0 aliphatic rings. The SMILES string of the molecule is O=C(Nc1ccc(Cl)c(F)c1)c1ccccc1C#CCO. The highest BCUT2D eigenvalue weighted by atomic mass is 35.5. The van der Waals surface area contributed by atoms with E-state index in [0.29, 0.717) is 16.8 Å². The quantitative estimate of drug-likeness (QED) is 0.838. The molecule has 0 unspecified atom stereocenters. The van der Waals surface area contributed by atoms with Gasteiger partial charge >= 0.3 is 0 Å². The lowest BCUT2D eigenvalue weighted by molar-refractivity contribution is 0.102. The largest absolute Gasteiger partial charge is 0.384 e. The average Bonchev–Trinajstić information content (AvgIpc) is 2.49. The molecule has 5 heteroatoms. The number of rotatable bonds is 2. The van der Waals surface area contributed by atoms with Crippen LogP contribution in [0.15, 0.2) is 42.5 Å². The molecule has 0 radical (unpaired) electrons. The van der Waals surface area contributed by atoms with Crippen molar-refractivity contribution in [1.82, 2.24) is 0 Å². The molecule has 2 aromatic rings. The van der Waals surface area contributed by atoms with Crippen LogP contribution in [0.4, 0.5) is 10.1 Å². The van der Waals surface area contributed by atoms with Crippen LogP contribution >= 0.6 is 11.6 Å². The molecule has 3 nitrogen and oxygen atoms in total. The molecule has 0 aliphatic carbocycles. The van der Waals surface area contributed by atoms with Gasteiger partial charge in [0.1, 0.15) is 12.4 Å². The topological polar surface area (TPSA) is 49.3 Å². The molecule has 106 valence electrons. The highest BCUT2D eigenvalue weighted by Gasteiger charge is 2.11. The summed E-state index contributed by atoms with van der Waals surface area (Å²) in [6.45, 7) is -0.293. The maximum atomic E-state index is 13.3. The fourth-order valence-electron chi connectivity index (χ4n) is 1.70. The van der Waals surface area contributed by atoms with E-state index in [9.17, 15) is 9.18 Å². The summed E-state index contributed by atoms with van der Waals surface area (Å²) < 4.78 is 13.3. The van der Waals surface area contributed by atoms with Gasteiger partial charge in [-0.15, -0.1) is 0 Å². The van der Waals surface area contributed by atoms with Crippen molar-refractivity contribution in [2.75, 3.05) is 11.9 Å². The molecule has 2 rings (SSSR count). The van der Waals surface area contributed by atoms with Crippen molar-refractivity contribution < 1.29 is 14.3 Å². The second-order valence-corrected chi connectivity index (χ2v) is 4.50. The standard InChI is InChI=1S/C16H11ClFNO2/c17-14-8-7-12(10-15(14)18)19-16(21)13-6-2-1-4-11(13)5-3-9-20/h1-2,4,6-8,10,20H,9H2,(H,19,21). The van der Waals surface area contributed by atoms with Gasteiger partial charge in [-0.05, 0) is 30.3 Å². The van der Waals surface area contributed by atoms with Gasteiger partial charge in [0.05, 0.1) is 10.6 Å². The van der Waals surface area contributed by atoms with Crippen molar-refractivity contribution in [2.24, 2.45) is 0 Å².